The summed E-state index contributed by atoms with van der Waals surface area (Å²) in [4.78, 5) is 11.8. The molecule has 0 spiro atoms. The lowest BCUT2D eigenvalue weighted by molar-refractivity contribution is 0.102. The van der Waals surface area contributed by atoms with Gasteiger partial charge in [-0.3, -0.25) is 9.48 Å². The van der Waals surface area contributed by atoms with E-state index in [0.29, 0.717) is 11.4 Å². The van der Waals surface area contributed by atoms with Crippen molar-refractivity contribution in [1.82, 2.24) is 20.0 Å². The third-order valence-electron chi connectivity index (χ3n) is 2.75. The van der Waals surface area contributed by atoms with Crippen LogP contribution in [0.4, 0.5) is 5.82 Å². The fraction of sp³-hybridized carbons (Fsp3) is 0.273. The second-order valence-corrected chi connectivity index (χ2v) is 3.93. The Labute approximate surface area is 97.7 Å². The largest absolute Gasteiger partial charge is 0.305 e. The van der Waals surface area contributed by atoms with Crippen LogP contribution in [-0.4, -0.2) is 25.9 Å². The van der Waals surface area contributed by atoms with E-state index in [4.69, 9.17) is 0 Å². The van der Waals surface area contributed by atoms with Gasteiger partial charge in [-0.15, -0.1) is 0 Å². The molecule has 0 aliphatic carbocycles. The van der Waals surface area contributed by atoms with E-state index in [0.717, 1.165) is 19.4 Å². The highest BCUT2D eigenvalue weighted by Crippen LogP contribution is 2.18. The van der Waals surface area contributed by atoms with Crippen molar-refractivity contribution in [3.8, 4) is 0 Å². The number of hydrogen-bond donors (Lipinski definition) is 1. The predicted molar refractivity (Wildman–Crippen MR) is 60.5 cm³/mol. The number of nitrogens with zero attached hydrogens (tertiary/aromatic N) is 4. The molecule has 0 saturated heterocycles. The van der Waals surface area contributed by atoms with Gasteiger partial charge in [-0.25, -0.2) is 0 Å². The summed E-state index contributed by atoms with van der Waals surface area (Å²) >= 11 is 0. The van der Waals surface area contributed by atoms with Crippen molar-refractivity contribution in [2.75, 3.05) is 5.32 Å². The molecule has 17 heavy (non-hydrogen) atoms. The van der Waals surface area contributed by atoms with Gasteiger partial charge in [0.1, 0.15) is 0 Å². The van der Waals surface area contributed by atoms with Gasteiger partial charge in [-0.05, 0) is 18.9 Å². The van der Waals surface area contributed by atoms with E-state index >= 15 is 0 Å². The molecule has 1 amide bonds. The van der Waals surface area contributed by atoms with Crippen molar-refractivity contribution < 1.29 is 4.79 Å². The van der Waals surface area contributed by atoms with E-state index in [1.807, 2.05) is 10.7 Å². The average molecular weight is 229 g/mol. The maximum Gasteiger partial charge on any atom is 0.258 e. The molecule has 6 heteroatoms. The molecular formula is C11H11N5O. The quantitative estimate of drug-likeness (QED) is 0.829. The normalized spacial score (nSPS) is 13.4. The second kappa shape index (κ2) is 3.97. The summed E-state index contributed by atoms with van der Waals surface area (Å²) in [7, 11) is 0. The minimum atomic E-state index is -0.211. The first kappa shape index (κ1) is 9.95. The molecule has 2 aromatic heterocycles. The highest BCUT2D eigenvalue weighted by atomic mass is 16.1. The number of aryl methyl sites for hydroxylation is 2. The van der Waals surface area contributed by atoms with Gasteiger partial charge in [-0.1, -0.05) is 0 Å². The van der Waals surface area contributed by atoms with Crippen LogP contribution in [0.5, 0.6) is 0 Å². The molecule has 86 valence electrons. The Morgan fingerprint density at radius 1 is 1.41 bits per heavy atom. The van der Waals surface area contributed by atoms with E-state index in [-0.39, 0.29) is 5.91 Å². The highest BCUT2D eigenvalue weighted by Gasteiger charge is 2.15. The first-order valence-corrected chi connectivity index (χ1v) is 5.48. The molecule has 0 bridgehead atoms. The lowest BCUT2D eigenvalue weighted by Gasteiger charge is -2.00. The number of anilines is 1. The van der Waals surface area contributed by atoms with Crippen molar-refractivity contribution in [3.05, 3.63) is 35.8 Å². The van der Waals surface area contributed by atoms with Gasteiger partial charge in [0.25, 0.3) is 5.91 Å². The van der Waals surface area contributed by atoms with Crippen LogP contribution in [0.1, 0.15) is 22.5 Å². The molecule has 0 radical (unpaired) electrons. The zero-order valence-electron chi connectivity index (χ0n) is 9.13. The van der Waals surface area contributed by atoms with Crippen LogP contribution < -0.4 is 5.32 Å². The van der Waals surface area contributed by atoms with E-state index in [1.54, 1.807) is 6.07 Å². The summed E-state index contributed by atoms with van der Waals surface area (Å²) in [5.41, 5.74) is 1.65. The summed E-state index contributed by atoms with van der Waals surface area (Å²) in [6.45, 7) is 0.933. The van der Waals surface area contributed by atoms with Gasteiger partial charge in [0.2, 0.25) is 0 Å². The molecule has 6 nitrogen and oxygen atoms in total. The maximum atomic E-state index is 11.8. The number of amides is 1. The Bertz CT molecular complexity index is 527. The third kappa shape index (κ3) is 1.89. The van der Waals surface area contributed by atoms with Gasteiger partial charge < -0.3 is 5.32 Å². The van der Waals surface area contributed by atoms with Crippen molar-refractivity contribution in [2.24, 2.45) is 0 Å². The Morgan fingerprint density at radius 3 is 3.12 bits per heavy atom. The van der Waals surface area contributed by atoms with Crippen LogP contribution in [-0.2, 0) is 13.0 Å². The average Bonchev–Trinajstić information content (AvgIpc) is 2.90. The standard InChI is InChI=1S/C11H11N5O/c17-11(8-3-4-12-13-7-8)14-10-6-9-2-1-5-16(9)15-10/h3-4,6-7H,1-2,5H2,(H,14,15,17). The molecule has 3 heterocycles. The molecule has 1 aliphatic heterocycles. The summed E-state index contributed by atoms with van der Waals surface area (Å²) in [6, 6.07) is 3.53. The molecule has 1 N–H and O–H groups in total. The number of fused-ring (bicyclic) bond motifs is 1. The number of carbonyl (C=O) groups is 1. The minimum Gasteiger partial charge on any atom is -0.305 e. The minimum absolute atomic E-state index is 0.211. The Morgan fingerprint density at radius 2 is 2.35 bits per heavy atom. The Balaban J connectivity index is 1.77. The predicted octanol–water partition coefficient (Wildman–Crippen LogP) is 0.872. The molecule has 0 unspecified atom stereocenters. The van der Waals surface area contributed by atoms with Crippen molar-refractivity contribution >= 4 is 11.7 Å². The fourth-order valence-electron chi connectivity index (χ4n) is 1.93. The smallest absolute Gasteiger partial charge is 0.258 e. The Kier molecular flexibility index (Phi) is 2.32. The fourth-order valence-corrected chi connectivity index (χ4v) is 1.93. The third-order valence-corrected chi connectivity index (χ3v) is 2.75. The van der Waals surface area contributed by atoms with E-state index < -0.39 is 0 Å². The number of rotatable bonds is 2. The lowest BCUT2D eigenvalue weighted by Crippen LogP contribution is -2.13. The maximum absolute atomic E-state index is 11.8. The number of carbonyl (C=O) groups excluding carboxylic acids is 1. The Hall–Kier alpha value is -2.24. The van der Waals surface area contributed by atoms with Crippen LogP contribution in [0, 0.1) is 0 Å². The molecule has 1 aliphatic rings. The van der Waals surface area contributed by atoms with Crippen LogP contribution in [0.15, 0.2) is 24.5 Å². The van der Waals surface area contributed by atoms with Gasteiger partial charge in [0, 0.05) is 18.3 Å². The van der Waals surface area contributed by atoms with Crippen LogP contribution in [0.25, 0.3) is 0 Å². The van der Waals surface area contributed by atoms with Crippen molar-refractivity contribution in [2.45, 2.75) is 19.4 Å². The molecule has 0 aromatic carbocycles. The van der Waals surface area contributed by atoms with Crippen LogP contribution in [0.3, 0.4) is 0 Å². The SMILES string of the molecule is O=C(Nc1cc2n(n1)CCC2)c1ccnnc1. The van der Waals surface area contributed by atoms with Gasteiger partial charge in [-0.2, -0.15) is 15.3 Å². The zero-order chi connectivity index (χ0) is 11.7. The first-order valence-electron chi connectivity index (χ1n) is 5.48. The van der Waals surface area contributed by atoms with Crippen LogP contribution in [0.2, 0.25) is 0 Å². The molecule has 3 rings (SSSR count). The van der Waals surface area contributed by atoms with Crippen molar-refractivity contribution in [1.29, 1.82) is 0 Å². The molecule has 0 atom stereocenters. The van der Waals surface area contributed by atoms with Gasteiger partial charge in [0.15, 0.2) is 5.82 Å². The molecular weight excluding hydrogens is 218 g/mol. The van der Waals surface area contributed by atoms with Crippen LogP contribution >= 0.6 is 0 Å². The highest BCUT2D eigenvalue weighted by molar-refractivity contribution is 6.03. The summed E-state index contributed by atoms with van der Waals surface area (Å²) in [5, 5.41) is 14.3. The summed E-state index contributed by atoms with van der Waals surface area (Å²) < 4.78 is 1.93. The van der Waals surface area contributed by atoms with Gasteiger partial charge >= 0.3 is 0 Å². The van der Waals surface area contributed by atoms with E-state index in [9.17, 15) is 4.79 Å². The van der Waals surface area contributed by atoms with Crippen molar-refractivity contribution in [3.63, 3.8) is 0 Å². The summed E-state index contributed by atoms with van der Waals surface area (Å²) in [5.74, 6) is 0.387. The monoisotopic (exact) mass is 229 g/mol. The zero-order valence-corrected chi connectivity index (χ0v) is 9.13. The molecule has 2 aromatic rings. The second-order valence-electron chi connectivity index (χ2n) is 3.93. The van der Waals surface area contributed by atoms with Gasteiger partial charge in [0.05, 0.1) is 18.0 Å². The number of nitrogens with one attached hydrogen (secondary N) is 1. The molecule has 0 saturated carbocycles. The first-order chi connectivity index (χ1) is 8.33. The summed E-state index contributed by atoms with van der Waals surface area (Å²) in [6.07, 6.45) is 5.08. The van der Waals surface area contributed by atoms with E-state index in [1.165, 1.54) is 18.1 Å². The topological polar surface area (TPSA) is 72.7 Å². The number of hydrogen-bond acceptors (Lipinski definition) is 4. The van der Waals surface area contributed by atoms with E-state index in [2.05, 4.69) is 20.6 Å². The molecule has 0 fully saturated rings. The number of aromatic nitrogens is 4. The lowest BCUT2D eigenvalue weighted by atomic mass is 10.3.